The molecule has 0 aliphatic heterocycles. The van der Waals surface area contributed by atoms with Crippen LogP contribution in [0.15, 0.2) is 109 Å². The van der Waals surface area contributed by atoms with Crippen molar-refractivity contribution in [2.24, 2.45) is 0 Å². The molecule has 9 aromatic rings. The van der Waals surface area contributed by atoms with Gasteiger partial charge in [0.15, 0.2) is 76.0 Å². The maximum Gasteiger partial charge on any atom is 0.258 e. The van der Waals surface area contributed by atoms with Crippen molar-refractivity contribution < 1.29 is 102 Å². The number of rotatable bonds is 9. The third-order valence-electron chi connectivity index (χ3n) is 12.3. The molecule has 0 spiro atoms. The van der Waals surface area contributed by atoms with E-state index in [-0.39, 0.29) is 18.1 Å². The Hall–Kier alpha value is -8.57. The highest BCUT2D eigenvalue weighted by Crippen LogP contribution is 2.33. The molecule has 0 amide bonds. The van der Waals surface area contributed by atoms with Crippen LogP contribution in [-0.2, 0) is 6.54 Å². The molecule has 0 saturated carbocycles. The first-order chi connectivity index (χ1) is 35.9. The number of carbonyl (C=O) groups excluding carboxylic acids is 2. The van der Waals surface area contributed by atoms with E-state index in [1.165, 1.54) is 0 Å². The standard InChI is InChI=1S/C28H20NO2.C24BF20/c30-26(20-10-2-1-3-11-20)19-29-17-9-8-16-25(29)28(31)27-23-14-6-4-12-21(23)18-22-13-5-7-15-24(22)27;26-5-1(6(27)14(35)21(42)13(5)34)25(2-7(28)15(36)22(43)16(37)8(2)29,3-9(30)17(38)23(44)18(39)10(3)31)4-11(32)19(40)24(45)20(41)12(4)33/h1-18H,19H2;/q+1;-1. The Kier molecular flexibility index (Phi) is 14.3. The fourth-order valence-corrected chi connectivity index (χ4v) is 8.95. The van der Waals surface area contributed by atoms with Crippen molar-refractivity contribution in [3.05, 3.63) is 242 Å². The van der Waals surface area contributed by atoms with E-state index in [1.807, 2.05) is 78.9 Å². The van der Waals surface area contributed by atoms with Crippen molar-refractivity contribution in [2.45, 2.75) is 6.54 Å². The van der Waals surface area contributed by atoms with Crippen LogP contribution in [0, 0.1) is 116 Å². The van der Waals surface area contributed by atoms with E-state index in [4.69, 9.17) is 0 Å². The summed E-state index contributed by atoms with van der Waals surface area (Å²) in [5.74, 6) is -71.5. The van der Waals surface area contributed by atoms with Crippen LogP contribution >= 0.6 is 0 Å². The molecule has 1 aromatic heterocycles. The Morgan fingerprint density at radius 1 is 0.342 bits per heavy atom. The van der Waals surface area contributed by atoms with Crippen LogP contribution in [-0.4, -0.2) is 17.7 Å². The number of Topliss-reactive ketones (excluding diaryl/α,β-unsaturated/α-hetero) is 1. The van der Waals surface area contributed by atoms with Crippen molar-refractivity contribution in [3.8, 4) is 0 Å². The molecule has 0 saturated heterocycles. The molecular formula is C52H20BF20NO2. The van der Waals surface area contributed by atoms with E-state index in [2.05, 4.69) is 6.07 Å². The number of ketones is 2. The molecular weight excluding hydrogens is 1060 g/mol. The molecule has 8 aromatic carbocycles. The van der Waals surface area contributed by atoms with Gasteiger partial charge in [0.1, 0.15) is 52.7 Å². The molecule has 9 rings (SSSR count). The minimum Gasteiger partial charge on any atom is -0.287 e. The summed E-state index contributed by atoms with van der Waals surface area (Å²) in [6, 6.07) is 32.6. The number of hydrogen-bond acceptors (Lipinski definition) is 2. The van der Waals surface area contributed by atoms with Gasteiger partial charge >= 0.3 is 0 Å². The van der Waals surface area contributed by atoms with Gasteiger partial charge < -0.3 is 0 Å². The smallest absolute Gasteiger partial charge is 0.258 e. The second-order valence-corrected chi connectivity index (χ2v) is 16.3. The van der Waals surface area contributed by atoms with E-state index < -0.39 is 144 Å². The number of aromatic nitrogens is 1. The summed E-state index contributed by atoms with van der Waals surface area (Å²) in [5.41, 5.74) is -12.5. The number of hydrogen-bond donors (Lipinski definition) is 0. The van der Waals surface area contributed by atoms with Crippen molar-refractivity contribution in [1.29, 1.82) is 0 Å². The normalized spacial score (nSPS) is 11.6. The van der Waals surface area contributed by atoms with Crippen LogP contribution in [0.4, 0.5) is 87.8 Å². The summed E-state index contributed by atoms with van der Waals surface area (Å²) in [6.07, 6.45) is -5.42. The number of benzene rings is 8. The molecule has 0 atom stereocenters. The highest BCUT2D eigenvalue weighted by molar-refractivity contribution is 7.20. The SMILES string of the molecule is Fc1c(F)c(F)c([B-](c2c(F)c(F)c(F)c(F)c2F)(c2c(F)c(F)c(F)c(F)c2F)c2c(F)c(F)c(F)c(F)c2F)c(F)c1F.O=C(C[n+]1ccccc1C(=O)c1c2ccccc2cc2ccccc12)c1ccccc1. The maximum atomic E-state index is 15.4. The number of fused-ring (bicyclic) bond motifs is 2. The predicted octanol–water partition coefficient (Wildman–Crippen LogP) is 11.2. The van der Waals surface area contributed by atoms with Crippen molar-refractivity contribution >= 4 is 61.1 Å². The van der Waals surface area contributed by atoms with Gasteiger partial charge in [-0.05, 0) is 33.7 Å². The summed E-state index contributed by atoms with van der Waals surface area (Å²) in [6.45, 7) is 0.106. The molecule has 388 valence electrons. The first kappa shape index (κ1) is 53.7. The Morgan fingerprint density at radius 2 is 0.632 bits per heavy atom. The molecule has 1 heterocycles. The van der Waals surface area contributed by atoms with Crippen LogP contribution in [0.25, 0.3) is 21.5 Å². The van der Waals surface area contributed by atoms with Gasteiger partial charge in [0.2, 0.25) is 12.3 Å². The number of pyridine rings is 1. The second kappa shape index (κ2) is 20.3. The Bertz CT molecular complexity index is 3480. The molecule has 0 fully saturated rings. The zero-order valence-electron chi connectivity index (χ0n) is 37.0. The summed E-state index contributed by atoms with van der Waals surface area (Å²) in [5, 5.41) is 3.87. The van der Waals surface area contributed by atoms with Crippen LogP contribution in [0.3, 0.4) is 0 Å². The molecule has 0 aliphatic rings. The summed E-state index contributed by atoms with van der Waals surface area (Å²) in [7, 11) is 0. The minimum atomic E-state index is -7.22. The summed E-state index contributed by atoms with van der Waals surface area (Å²) in [4.78, 5) is 26.7. The first-order valence-electron chi connectivity index (χ1n) is 21.2. The van der Waals surface area contributed by atoms with Gasteiger partial charge in [0.05, 0.1) is 0 Å². The highest BCUT2D eigenvalue weighted by atomic mass is 19.2. The first-order valence-corrected chi connectivity index (χ1v) is 21.2. The van der Waals surface area contributed by atoms with Gasteiger partial charge in [-0.2, -0.15) is 4.57 Å². The third-order valence-corrected chi connectivity index (χ3v) is 12.3. The van der Waals surface area contributed by atoms with Gasteiger partial charge in [-0.3, -0.25) is 9.59 Å². The topological polar surface area (TPSA) is 38.0 Å². The lowest BCUT2D eigenvalue weighted by Crippen LogP contribution is -2.81. The van der Waals surface area contributed by atoms with Crippen molar-refractivity contribution in [2.75, 3.05) is 0 Å². The van der Waals surface area contributed by atoms with E-state index in [0.29, 0.717) is 16.8 Å². The fourth-order valence-electron chi connectivity index (χ4n) is 8.95. The lowest BCUT2D eigenvalue weighted by atomic mass is 9.12. The van der Waals surface area contributed by atoms with Gasteiger partial charge in [-0.15, -0.1) is 21.9 Å². The third kappa shape index (κ3) is 8.34. The molecule has 0 radical (unpaired) electrons. The quantitative estimate of drug-likeness (QED) is 0.0275. The van der Waals surface area contributed by atoms with Crippen LogP contribution in [0.1, 0.15) is 26.4 Å². The van der Waals surface area contributed by atoms with Gasteiger partial charge in [-0.25, -0.2) is 87.8 Å². The zero-order chi connectivity index (χ0) is 55.6. The van der Waals surface area contributed by atoms with Crippen LogP contribution < -0.4 is 26.4 Å². The zero-order valence-corrected chi connectivity index (χ0v) is 37.0. The molecule has 3 nitrogen and oxygen atoms in total. The lowest BCUT2D eigenvalue weighted by Gasteiger charge is -2.44. The Balaban J connectivity index is 0.000000215. The van der Waals surface area contributed by atoms with Crippen LogP contribution in [0.2, 0.25) is 0 Å². The van der Waals surface area contributed by atoms with Crippen molar-refractivity contribution in [3.63, 3.8) is 0 Å². The minimum absolute atomic E-state index is 0.0337. The second-order valence-electron chi connectivity index (χ2n) is 16.3. The van der Waals surface area contributed by atoms with E-state index in [9.17, 15) is 62.3 Å². The molecule has 0 unspecified atom stereocenters. The lowest BCUT2D eigenvalue weighted by molar-refractivity contribution is -0.684. The van der Waals surface area contributed by atoms with Crippen molar-refractivity contribution in [1.82, 2.24) is 0 Å². The molecule has 24 heteroatoms. The molecule has 0 N–H and O–H groups in total. The van der Waals surface area contributed by atoms with E-state index in [1.54, 1.807) is 29.0 Å². The summed E-state index contributed by atoms with van der Waals surface area (Å²) < 4.78 is 296. The molecule has 0 aliphatic carbocycles. The molecule has 76 heavy (non-hydrogen) atoms. The predicted molar refractivity (Wildman–Crippen MR) is 232 cm³/mol. The Labute approximate surface area is 411 Å². The van der Waals surface area contributed by atoms with E-state index >= 15 is 35.1 Å². The average molecular weight is 1080 g/mol. The summed E-state index contributed by atoms with van der Waals surface area (Å²) >= 11 is 0. The van der Waals surface area contributed by atoms with Crippen LogP contribution in [0.5, 0.6) is 0 Å². The maximum absolute atomic E-state index is 15.4. The number of nitrogens with zero attached hydrogens (tertiary/aromatic N) is 1. The highest BCUT2D eigenvalue weighted by Gasteiger charge is 2.52. The Morgan fingerprint density at radius 3 is 0.974 bits per heavy atom. The van der Waals surface area contributed by atoms with Gasteiger partial charge in [0.25, 0.3) is 11.5 Å². The average Bonchev–Trinajstić information content (AvgIpc) is 3.49. The fraction of sp³-hybridized carbons (Fsp3) is 0.0192. The monoisotopic (exact) mass is 1080 g/mol. The largest absolute Gasteiger partial charge is 0.287 e. The molecule has 0 bridgehead atoms. The van der Waals surface area contributed by atoms with E-state index in [0.717, 1.165) is 21.5 Å². The number of halogens is 20. The number of carbonyl (C=O) groups is 2. The van der Waals surface area contributed by atoms with Gasteiger partial charge in [0, 0.05) is 23.3 Å². The van der Waals surface area contributed by atoms with Gasteiger partial charge in [-0.1, -0.05) is 78.9 Å².